The zero-order valence-electron chi connectivity index (χ0n) is 10.3. The third-order valence-electron chi connectivity index (χ3n) is 2.84. The van der Waals surface area contributed by atoms with Crippen molar-refractivity contribution >= 4 is 16.7 Å². The van der Waals surface area contributed by atoms with Gasteiger partial charge >= 0.3 is 0 Å². The minimum Gasteiger partial charge on any atom is -0.496 e. The van der Waals surface area contributed by atoms with E-state index in [9.17, 15) is 4.79 Å². The second-order valence-electron chi connectivity index (χ2n) is 3.89. The minimum atomic E-state index is -0.190. The van der Waals surface area contributed by atoms with Gasteiger partial charge in [0.25, 0.3) is 0 Å². The Balaban J connectivity index is 2.44. The van der Waals surface area contributed by atoms with Gasteiger partial charge in [0.15, 0.2) is 0 Å². The second kappa shape index (κ2) is 5.36. The van der Waals surface area contributed by atoms with E-state index in [4.69, 9.17) is 4.74 Å². The Bertz CT molecular complexity index is 590. The van der Waals surface area contributed by atoms with Crippen LogP contribution in [0.4, 0.5) is 0 Å². The number of rotatable bonds is 4. The SMILES string of the molecule is C=CC(=O)NCc1c(OC)ccc2ccccc12. The Labute approximate surface area is 106 Å². The molecular formula is C15H15NO2. The molecule has 0 aliphatic rings. The number of amides is 1. The largest absolute Gasteiger partial charge is 0.496 e. The molecule has 1 N–H and O–H groups in total. The second-order valence-corrected chi connectivity index (χ2v) is 3.89. The van der Waals surface area contributed by atoms with Crippen molar-refractivity contribution in [2.24, 2.45) is 0 Å². The number of fused-ring (bicyclic) bond motifs is 1. The van der Waals surface area contributed by atoms with E-state index in [0.717, 1.165) is 22.1 Å². The first-order valence-electron chi connectivity index (χ1n) is 5.71. The third kappa shape index (κ3) is 2.35. The van der Waals surface area contributed by atoms with Crippen LogP contribution in [0, 0.1) is 0 Å². The van der Waals surface area contributed by atoms with Crippen molar-refractivity contribution in [3.05, 3.63) is 54.6 Å². The van der Waals surface area contributed by atoms with Gasteiger partial charge in [0.05, 0.1) is 7.11 Å². The summed E-state index contributed by atoms with van der Waals surface area (Å²) < 4.78 is 5.34. The monoisotopic (exact) mass is 241 g/mol. The molecule has 0 heterocycles. The maximum atomic E-state index is 11.3. The Morgan fingerprint density at radius 1 is 1.33 bits per heavy atom. The van der Waals surface area contributed by atoms with Crippen molar-refractivity contribution in [1.29, 1.82) is 0 Å². The highest BCUT2D eigenvalue weighted by Crippen LogP contribution is 2.27. The molecule has 18 heavy (non-hydrogen) atoms. The van der Waals surface area contributed by atoms with Gasteiger partial charge in [-0.25, -0.2) is 0 Å². The van der Waals surface area contributed by atoms with Crippen LogP contribution in [-0.4, -0.2) is 13.0 Å². The van der Waals surface area contributed by atoms with E-state index >= 15 is 0 Å². The van der Waals surface area contributed by atoms with Gasteiger partial charge in [0.2, 0.25) is 5.91 Å². The molecule has 0 atom stereocenters. The molecule has 0 aliphatic carbocycles. The van der Waals surface area contributed by atoms with Crippen molar-refractivity contribution < 1.29 is 9.53 Å². The Kier molecular flexibility index (Phi) is 3.63. The van der Waals surface area contributed by atoms with E-state index in [-0.39, 0.29) is 5.91 Å². The number of carbonyl (C=O) groups excluding carboxylic acids is 1. The van der Waals surface area contributed by atoms with Crippen molar-refractivity contribution in [1.82, 2.24) is 5.32 Å². The predicted molar refractivity (Wildman–Crippen MR) is 72.5 cm³/mol. The van der Waals surface area contributed by atoms with Crippen LogP contribution in [0.2, 0.25) is 0 Å². The summed E-state index contributed by atoms with van der Waals surface area (Å²) in [5.41, 5.74) is 0.978. The van der Waals surface area contributed by atoms with E-state index in [2.05, 4.69) is 11.9 Å². The summed E-state index contributed by atoms with van der Waals surface area (Å²) in [5, 5.41) is 4.99. The lowest BCUT2D eigenvalue weighted by Gasteiger charge is -2.12. The van der Waals surface area contributed by atoms with E-state index in [1.165, 1.54) is 6.08 Å². The summed E-state index contributed by atoms with van der Waals surface area (Å²) in [5.74, 6) is 0.586. The van der Waals surface area contributed by atoms with Gasteiger partial charge in [-0.3, -0.25) is 4.79 Å². The highest BCUT2D eigenvalue weighted by molar-refractivity contribution is 5.90. The zero-order chi connectivity index (χ0) is 13.0. The molecule has 0 radical (unpaired) electrons. The molecule has 2 rings (SSSR count). The van der Waals surface area contributed by atoms with Crippen LogP contribution in [0.5, 0.6) is 5.75 Å². The van der Waals surface area contributed by atoms with Gasteiger partial charge in [0, 0.05) is 12.1 Å². The molecule has 0 unspecified atom stereocenters. The van der Waals surface area contributed by atoms with Gasteiger partial charge in [-0.2, -0.15) is 0 Å². The molecule has 0 spiro atoms. The molecule has 92 valence electrons. The van der Waals surface area contributed by atoms with Crippen LogP contribution in [-0.2, 0) is 11.3 Å². The molecule has 0 aromatic heterocycles. The highest BCUT2D eigenvalue weighted by atomic mass is 16.5. The molecule has 0 saturated carbocycles. The van der Waals surface area contributed by atoms with Crippen molar-refractivity contribution in [3.8, 4) is 5.75 Å². The van der Waals surface area contributed by atoms with Crippen molar-refractivity contribution in [2.75, 3.05) is 7.11 Å². The first kappa shape index (κ1) is 12.2. The fourth-order valence-corrected chi connectivity index (χ4v) is 1.94. The molecular weight excluding hydrogens is 226 g/mol. The zero-order valence-corrected chi connectivity index (χ0v) is 10.3. The van der Waals surface area contributed by atoms with E-state index in [0.29, 0.717) is 6.54 Å². The average molecular weight is 241 g/mol. The Morgan fingerprint density at radius 2 is 2.11 bits per heavy atom. The molecule has 0 bridgehead atoms. The summed E-state index contributed by atoms with van der Waals surface area (Å²) >= 11 is 0. The van der Waals surface area contributed by atoms with Crippen LogP contribution >= 0.6 is 0 Å². The first-order valence-corrected chi connectivity index (χ1v) is 5.71. The minimum absolute atomic E-state index is 0.190. The topological polar surface area (TPSA) is 38.3 Å². The maximum absolute atomic E-state index is 11.3. The third-order valence-corrected chi connectivity index (χ3v) is 2.84. The molecule has 0 fully saturated rings. The van der Waals surface area contributed by atoms with Gasteiger partial charge in [0.1, 0.15) is 5.75 Å². The molecule has 0 aliphatic heterocycles. The van der Waals surface area contributed by atoms with E-state index in [1.807, 2.05) is 36.4 Å². The van der Waals surface area contributed by atoms with Gasteiger partial charge < -0.3 is 10.1 Å². The normalized spacial score (nSPS) is 10.1. The standard InChI is InChI=1S/C15H15NO2/c1-3-15(17)16-10-13-12-7-5-4-6-11(12)8-9-14(13)18-2/h3-9H,1,10H2,2H3,(H,16,17). The fourth-order valence-electron chi connectivity index (χ4n) is 1.94. The Hall–Kier alpha value is -2.29. The van der Waals surface area contributed by atoms with Crippen molar-refractivity contribution in [3.63, 3.8) is 0 Å². The number of benzene rings is 2. The number of hydrogen-bond acceptors (Lipinski definition) is 2. The molecule has 2 aromatic rings. The summed E-state index contributed by atoms with van der Waals surface area (Å²) in [6, 6.07) is 11.9. The maximum Gasteiger partial charge on any atom is 0.243 e. The summed E-state index contributed by atoms with van der Waals surface area (Å²) in [4.78, 5) is 11.3. The molecule has 1 amide bonds. The number of carbonyl (C=O) groups is 1. The van der Waals surface area contributed by atoms with Crippen LogP contribution < -0.4 is 10.1 Å². The van der Waals surface area contributed by atoms with Gasteiger partial charge in [-0.1, -0.05) is 36.9 Å². The van der Waals surface area contributed by atoms with Crippen LogP contribution in [0.25, 0.3) is 10.8 Å². The smallest absolute Gasteiger partial charge is 0.243 e. The lowest BCUT2D eigenvalue weighted by molar-refractivity contribution is -0.116. The number of methoxy groups -OCH3 is 1. The molecule has 3 heteroatoms. The molecule has 3 nitrogen and oxygen atoms in total. The number of hydrogen-bond donors (Lipinski definition) is 1. The quantitative estimate of drug-likeness (QED) is 0.836. The van der Waals surface area contributed by atoms with Crippen molar-refractivity contribution in [2.45, 2.75) is 6.54 Å². The summed E-state index contributed by atoms with van der Waals surface area (Å²) in [6.07, 6.45) is 1.26. The van der Waals surface area contributed by atoms with Gasteiger partial charge in [-0.15, -0.1) is 0 Å². The van der Waals surface area contributed by atoms with Crippen LogP contribution in [0.15, 0.2) is 49.1 Å². The molecule has 0 saturated heterocycles. The summed E-state index contributed by atoms with van der Waals surface area (Å²) in [6.45, 7) is 3.86. The van der Waals surface area contributed by atoms with E-state index in [1.54, 1.807) is 7.11 Å². The number of nitrogens with one attached hydrogen (secondary N) is 1. The van der Waals surface area contributed by atoms with Crippen LogP contribution in [0.1, 0.15) is 5.56 Å². The highest BCUT2D eigenvalue weighted by Gasteiger charge is 2.08. The lowest BCUT2D eigenvalue weighted by Crippen LogP contribution is -2.20. The number of ether oxygens (including phenoxy) is 1. The van der Waals surface area contributed by atoms with E-state index < -0.39 is 0 Å². The van der Waals surface area contributed by atoms with Crippen LogP contribution in [0.3, 0.4) is 0 Å². The molecule has 2 aromatic carbocycles. The fraction of sp³-hybridized carbons (Fsp3) is 0.133. The first-order chi connectivity index (χ1) is 8.76. The predicted octanol–water partition coefficient (Wildman–Crippen LogP) is 2.65. The lowest BCUT2D eigenvalue weighted by atomic mass is 10.0. The average Bonchev–Trinajstić information content (AvgIpc) is 2.44. The Morgan fingerprint density at radius 3 is 2.83 bits per heavy atom. The summed E-state index contributed by atoms with van der Waals surface area (Å²) in [7, 11) is 1.63. The van der Waals surface area contributed by atoms with Gasteiger partial charge in [-0.05, 0) is 22.9 Å².